The Morgan fingerprint density at radius 2 is 2.20 bits per heavy atom. The fourth-order valence-corrected chi connectivity index (χ4v) is 0.325. The van der Waals surface area contributed by atoms with Crippen LogP contribution in [0, 0.1) is 11.3 Å². The van der Waals surface area contributed by atoms with Crippen LogP contribution < -0.4 is 0 Å². The Hall–Kier alpha value is -1.57. The number of carbonyl (C=O) groups is 1. The third-order valence-corrected chi connectivity index (χ3v) is 0.815. The van der Waals surface area contributed by atoms with Crippen LogP contribution in [0.3, 0.4) is 0 Å². The first kappa shape index (κ1) is 8.43. The Morgan fingerprint density at radius 3 is 2.30 bits per heavy atom. The molecule has 0 unspecified atom stereocenters. The molecule has 0 atom stereocenters. The van der Waals surface area contributed by atoms with Crippen molar-refractivity contribution in [3.8, 4) is 6.07 Å². The van der Waals surface area contributed by atoms with Crippen LogP contribution in [0.15, 0.2) is 5.16 Å². The molecule has 0 spiro atoms. The number of amides is 1. The molecule has 0 radical (unpaired) electrons. The molecular weight excluding hydrogens is 134 g/mol. The van der Waals surface area contributed by atoms with Crippen LogP contribution in [-0.4, -0.2) is 35.8 Å². The molecule has 0 saturated heterocycles. The molecule has 0 fully saturated rings. The minimum Gasteiger partial charge on any atom is -0.410 e. The number of carbonyl (C=O) groups excluding carboxylic acids is 1. The second-order valence-electron chi connectivity index (χ2n) is 1.76. The van der Waals surface area contributed by atoms with Crippen molar-refractivity contribution in [2.75, 3.05) is 14.1 Å². The summed E-state index contributed by atoms with van der Waals surface area (Å²) in [5.41, 5.74) is -0.509. The van der Waals surface area contributed by atoms with Crippen LogP contribution in [0.2, 0.25) is 0 Å². The molecule has 0 rings (SSSR count). The van der Waals surface area contributed by atoms with E-state index >= 15 is 0 Å². The van der Waals surface area contributed by atoms with Crippen LogP contribution in [0.1, 0.15) is 0 Å². The van der Waals surface area contributed by atoms with Gasteiger partial charge in [0.05, 0.1) is 0 Å². The summed E-state index contributed by atoms with van der Waals surface area (Å²) in [6.45, 7) is 0. The first-order valence-electron chi connectivity index (χ1n) is 2.47. The Labute approximate surface area is 58.2 Å². The maximum Gasteiger partial charge on any atom is 0.286 e. The summed E-state index contributed by atoms with van der Waals surface area (Å²) in [5, 5.41) is 18.7. The molecule has 5 heteroatoms. The predicted molar refractivity (Wildman–Crippen MR) is 33.5 cm³/mol. The highest BCUT2D eigenvalue weighted by molar-refractivity contribution is 6.44. The van der Waals surface area contributed by atoms with E-state index in [-0.39, 0.29) is 0 Å². The zero-order valence-electron chi connectivity index (χ0n) is 5.70. The third-order valence-electron chi connectivity index (χ3n) is 0.815. The first-order chi connectivity index (χ1) is 4.63. The average Bonchev–Trinajstić information content (AvgIpc) is 1.90. The largest absolute Gasteiger partial charge is 0.410 e. The molecule has 5 nitrogen and oxygen atoms in total. The van der Waals surface area contributed by atoms with E-state index in [0.29, 0.717) is 0 Å². The molecule has 0 aliphatic rings. The van der Waals surface area contributed by atoms with Crippen molar-refractivity contribution in [3.63, 3.8) is 0 Å². The van der Waals surface area contributed by atoms with Crippen LogP contribution >= 0.6 is 0 Å². The highest BCUT2D eigenvalue weighted by Gasteiger charge is 2.12. The summed E-state index contributed by atoms with van der Waals surface area (Å²) in [7, 11) is 2.93. The molecule has 0 aromatic heterocycles. The summed E-state index contributed by atoms with van der Waals surface area (Å²) in [6.07, 6.45) is 0. The van der Waals surface area contributed by atoms with Crippen molar-refractivity contribution < 1.29 is 10.0 Å². The van der Waals surface area contributed by atoms with Gasteiger partial charge in [-0.15, -0.1) is 0 Å². The van der Waals surface area contributed by atoms with Gasteiger partial charge >= 0.3 is 0 Å². The van der Waals surface area contributed by atoms with Gasteiger partial charge in [0.15, 0.2) is 0 Å². The molecule has 10 heavy (non-hydrogen) atoms. The summed E-state index contributed by atoms with van der Waals surface area (Å²) >= 11 is 0. The normalized spacial score (nSPS) is 10.3. The highest BCUT2D eigenvalue weighted by atomic mass is 16.4. The van der Waals surface area contributed by atoms with Crippen molar-refractivity contribution in [1.29, 1.82) is 5.26 Å². The summed E-state index contributed by atoms with van der Waals surface area (Å²) in [4.78, 5) is 11.9. The summed E-state index contributed by atoms with van der Waals surface area (Å²) < 4.78 is 0. The molecular formula is C5H7N3O2. The van der Waals surface area contributed by atoms with Crippen LogP contribution in [-0.2, 0) is 4.79 Å². The second kappa shape index (κ2) is 3.45. The molecule has 0 aromatic carbocycles. The molecule has 0 saturated carbocycles. The number of hydrogen-bond donors (Lipinski definition) is 1. The predicted octanol–water partition coefficient (Wildman–Crippen LogP) is -0.572. The molecule has 0 heterocycles. The van der Waals surface area contributed by atoms with Crippen molar-refractivity contribution >= 4 is 11.6 Å². The van der Waals surface area contributed by atoms with E-state index < -0.39 is 11.6 Å². The minimum atomic E-state index is -0.606. The lowest BCUT2D eigenvalue weighted by Crippen LogP contribution is -2.28. The van der Waals surface area contributed by atoms with Gasteiger partial charge in [0.1, 0.15) is 6.07 Å². The third kappa shape index (κ3) is 1.74. The van der Waals surface area contributed by atoms with Gasteiger partial charge in [-0.3, -0.25) is 4.79 Å². The number of nitrogens with zero attached hydrogens (tertiary/aromatic N) is 3. The Morgan fingerprint density at radius 1 is 1.70 bits per heavy atom. The van der Waals surface area contributed by atoms with Crippen molar-refractivity contribution in [2.45, 2.75) is 0 Å². The van der Waals surface area contributed by atoms with Crippen LogP contribution in [0.25, 0.3) is 0 Å². The van der Waals surface area contributed by atoms with Gasteiger partial charge in [-0.05, 0) is 0 Å². The van der Waals surface area contributed by atoms with Gasteiger partial charge in [-0.25, -0.2) is 0 Å². The maximum atomic E-state index is 10.7. The van der Waals surface area contributed by atoms with Gasteiger partial charge in [-0.1, -0.05) is 5.16 Å². The van der Waals surface area contributed by atoms with Gasteiger partial charge < -0.3 is 10.1 Å². The fourth-order valence-electron chi connectivity index (χ4n) is 0.325. The number of rotatable bonds is 1. The molecule has 0 bridgehead atoms. The fraction of sp³-hybridized carbons (Fsp3) is 0.400. The lowest BCUT2D eigenvalue weighted by atomic mass is 10.4. The average molecular weight is 141 g/mol. The molecule has 0 aliphatic carbocycles. The van der Waals surface area contributed by atoms with E-state index in [1.165, 1.54) is 20.2 Å². The Kier molecular flexibility index (Phi) is 2.91. The SMILES string of the molecule is CN(C)C(=O)C(C#N)=NO. The lowest BCUT2D eigenvalue weighted by molar-refractivity contribution is -0.121. The van der Waals surface area contributed by atoms with E-state index in [9.17, 15) is 4.79 Å². The van der Waals surface area contributed by atoms with Crippen LogP contribution in [0.4, 0.5) is 0 Å². The van der Waals surface area contributed by atoms with E-state index in [1.54, 1.807) is 0 Å². The molecule has 1 amide bonds. The van der Waals surface area contributed by atoms with E-state index in [4.69, 9.17) is 10.5 Å². The molecule has 54 valence electrons. The summed E-state index contributed by atoms with van der Waals surface area (Å²) in [6, 6.07) is 1.44. The highest BCUT2D eigenvalue weighted by Crippen LogP contribution is 1.82. The first-order valence-corrected chi connectivity index (χ1v) is 2.47. The second-order valence-corrected chi connectivity index (χ2v) is 1.76. The number of nitriles is 1. The van der Waals surface area contributed by atoms with Gasteiger partial charge in [0.25, 0.3) is 5.91 Å². The zero-order chi connectivity index (χ0) is 8.15. The zero-order valence-corrected chi connectivity index (χ0v) is 5.70. The summed E-state index contributed by atoms with van der Waals surface area (Å²) in [5.74, 6) is -0.606. The Bertz CT molecular complexity index is 201. The van der Waals surface area contributed by atoms with E-state index in [2.05, 4.69) is 5.16 Å². The smallest absolute Gasteiger partial charge is 0.286 e. The molecule has 0 aliphatic heterocycles. The number of oxime groups is 1. The van der Waals surface area contributed by atoms with Crippen molar-refractivity contribution in [2.24, 2.45) is 5.16 Å². The van der Waals surface area contributed by atoms with Gasteiger partial charge in [0.2, 0.25) is 5.71 Å². The standard InChI is InChI=1S/C5H7N3O2/c1-8(2)5(9)4(3-6)7-10/h10H,1-2H3. The monoisotopic (exact) mass is 141 g/mol. The molecule has 1 N–H and O–H groups in total. The molecule has 0 aromatic rings. The van der Waals surface area contributed by atoms with E-state index in [1.807, 2.05) is 0 Å². The number of hydrogen-bond acceptors (Lipinski definition) is 4. The van der Waals surface area contributed by atoms with Crippen molar-refractivity contribution in [3.05, 3.63) is 0 Å². The quantitative estimate of drug-likeness (QED) is 0.302. The maximum absolute atomic E-state index is 10.7. The Balaban J connectivity index is 4.38. The topological polar surface area (TPSA) is 76.7 Å². The van der Waals surface area contributed by atoms with Crippen molar-refractivity contribution in [1.82, 2.24) is 4.90 Å². The van der Waals surface area contributed by atoms with Gasteiger partial charge in [0, 0.05) is 14.1 Å². The minimum absolute atomic E-state index is 0.509. The van der Waals surface area contributed by atoms with Gasteiger partial charge in [-0.2, -0.15) is 5.26 Å². The van der Waals surface area contributed by atoms with Crippen LogP contribution in [0.5, 0.6) is 0 Å². The lowest BCUT2D eigenvalue weighted by Gasteiger charge is -2.05. The van der Waals surface area contributed by atoms with E-state index in [0.717, 1.165) is 4.90 Å².